The van der Waals surface area contributed by atoms with Crippen molar-refractivity contribution < 1.29 is 9.18 Å². The smallest absolute Gasteiger partial charge is 0.257 e. The molecular weight excluding hydrogens is 243 g/mol. The second-order valence-corrected chi connectivity index (χ2v) is 5.76. The summed E-state index contributed by atoms with van der Waals surface area (Å²) in [4.78, 5) is 14.3. The Hall–Kier alpha value is -1.42. The van der Waals surface area contributed by atoms with Gasteiger partial charge in [0, 0.05) is 25.7 Å². The Bertz CT molecular complexity index is 517. The van der Waals surface area contributed by atoms with Crippen molar-refractivity contribution in [2.75, 3.05) is 19.6 Å². The lowest BCUT2D eigenvalue weighted by molar-refractivity contribution is 0.0724. The molecule has 2 saturated heterocycles. The zero-order chi connectivity index (χ0) is 13.6. The first kappa shape index (κ1) is 12.6. The molecule has 0 spiro atoms. The van der Waals surface area contributed by atoms with E-state index < -0.39 is 5.82 Å². The van der Waals surface area contributed by atoms with E-state index >= 15 is 0 Å². The highest BCUT2D eigenvalue weighted by atomic mass is 19.1. The van der Waals surface area contributed by atoms with Crippen LogP contribution in [0.15, 0.2) is 18.2 Å². The first-order chi connectivity index (χ1) is 9.08. The van der Waals surface area contributed by atoms with E-state index in [0.29, 0.717) is 11.8 Å². The highest BCUT2D eigenvalue weighted by Gasteiger charge is 2.44. The Morgan fingerprint density at radius 1 is 1.42 bits per heavy atom. The molecule has 102 valence electrons. The van der Waals surface area contributed by atoms with E-state index in [1.165, 1.54) is 6.07 Å². The van der Waals surface area contributed by atoms with Crippen molar-refractivity contribution in [2.24, 2.45) is 11.8 Å². The molecule has 0 aliphatic carbocycles. The van der Waals surface area contributed by atoms with Crippen molar-refractivity contribution in [3.63, 3.8) is 0 Å². The van der Waals surface area contributed by atoms with E-state index in [2.05, 4.69) is 12.2 Å². The lowest BCUT2D eigenvalue weighted by Crippen LogP contribution is -2.38. The number of hydrogen-bond donors (Lipinski definition) is 1. The summed E-state index contributed by atoms with van der Waals surface area (Å²) in [5.74, 6) is 0.455. The van der Waals surface area contributed by atoms with Gasteiger partial charge in [-0.25, -0.2) is 4.39 Å². The number of aryl methyl sites for hydroxylation is 1. The Morgan fingerprint density at radius 3 is 2.89 bits per heavy atom. The third-order valence-corrected chi connectivity index (χ3v) is 4.55. The van der Waals surface area contributed by atoms with Gasteiger partial charge in [0.2, 0.25) is 0 Å². The molecule has 0 unspecified atom stereocenters. The molecule has 0 bridgehead atoms. The van der Waals surface area contributed by atoms with E-state index in [1.54, 1.807) is 12.1 Å². The second kappa shape index (κ2) is 4.60. The number of fused-ring (bicyclic) bond motifs is 1. The Morgan fingerprint density at radius 2 is 2.21 bits per heavy atom. The molecule has 1 aromatic carbocycles. The monoisotopic (exact) mass is 262 g/mol. The molecule has 3 nitrogen and oxygen atoms in total. The van der Waals surface area contributed by atoms with Gasteiger partial charge in [0.15, 0.2) is 0 Å². The lowest BCUT2D eigenvalue weighted by atomic mass is 9.95. The van der Waals surface area contributed by atoms with Crippen LogP contribution in [0.3, 0.4) is 0 Å². The quantitative estimate of drug-likeness (QED) is 0.837. The van der Waals surface area contributed by atoms with Crippen molar-refractivity contribution in [1.82, 2.24) is 10.2 Å². The first-order valence-corrected chi connectivity index (χ1v) is 6.86. The first-order valence-electron chi connectivity index (χ1n) is 6.86. The van der Waals surface area contributed by atoms with Crippen LogP contribution in [0.2, 0.25) is 0 Å². The minimum atomic E-state index is -0.410. The zero-order valence-corrected chi connectivity index (χ0v) is 11.3. The molecule has 2 fully saturated rings. The van der Waals surface area contributed by atoms with E-state index in [0.717, 1.165) is 25.2 Å². The van der Waals surface area contributed by atoms with Gasteiger partial charge >= 0.3 is 0 Å². The van der Waals surface area contributed by atoms with E-state index in [9.17, 15) is 9.18 Å². The van der Waals surface area contributed by atoms with Crippen molar-refractivity contribution in [1.29, 1.82) is 0 Å². The number of nitrogens with one attached hydrogen (secondary N) is 1. The van der Waals surface area contributed by atoms with Crippen LogP contribution < -0.4 is 5.32 Å². The number of likely N-dealkylation sites (tertiary alicyclic amines) is 1. The molecule has 19 heavy (non-hydrogen) atoms. The third-order valence-electron chi connectivity index (χ3n) is 4.55. The molecule has 1 amide bonds. The van der Waals surface area contributed by atoms with Gasteiger partial charge in [0.25, 0.3) is 5.91 Å². The summed E-state index contributed by atoms with van der Waals surface area (Å²) in [7, 11) is 0. The number of nitrogens with zero attached hydrogens (tertiary/aromatic N) is 1. The van der Waals surface area contributed by atoms with Gasteiger partial charge in [-0.3, -0.25) is 4.79 Å². The summed E-state index contributed by atoms with van der Waals surface area (Å²) in [6, 6.07) is 5.01. The topological polar surface area (TPSA) is 32.3 Å². The number of benzene rings is 1. The molecule has 2 aliphatic heterocycles. The molecule has 0 saturated carbocycles. The van der Waals surface area contributed by atoms with E-state index in [1.807, 2.05) is 11.8 Å². The van der Waals surface area contributed by atoms with Crippen molar-refractivity contribution in [3.05, 3.63) is 35.1 Å². The SMILES string of the molecule is Cc1ccc(C(=O)N2C[C@H]3CNC[C@H]3[C@@H]2C)c(F)c1. The summed E-state index contributed by atoms with van der Waals surface area (Å²) in [6.07, 6.45) is 0. The van der Waals surface area contributed by atoms with Crippen molar-refractivity contribution >= 4 is 5.91 Å². The standard InChI is InChI=1S/C15H19FN2O/c1-9-3-4-12(14(16)5-9)15(19)18-8-11-6-17-7-13(11)10(18)2/h3-5,10-11,13,17H,6-8H2,1-2H3/t10-,11+,13-/m0/s1. The van der Waals surface area contributed by atoms with Gasteiger partial charge in [0.05, 0.1) is 5.56 Å². The van der Waals surface area contributed by atoms with Crippen LogP contribution in [-0.4, -0.2) is 36.5 Å². The average molecular weight is 262 g/mol. The molecule has 0 radical (unpaired) electrons. The number of carbonyl (C=O) groups is 1. The number of halogens is 1. The number of rotatable bonds is 1. The molecule has 1 N–H and O–H groups in total. The molecular formula is C15H19FN2O. The predicted molar refractivity (Wildman–Crippen MR) is 71.5 cm³/mol. The maximum absolute atomic E-state index is 13.9. The normalized spacial score (nSPS) is 29.6. The van der Waals surface area contributed by atoms with E-state index in [-0.39, 0.29) is 17.5 Å². The van der Waals surface area contributed by atoms with Gasteiger partial charge in [-0.05, 0) is 43.4 Å². The number of amides is 1. The van der Waals surface area contributed by atoms with Crippen LogP contribution in [0.1, 0.15) is 22.8 Å². The van der Waals surface area contributed by atoms with Crippen LogP contribution in [0.5, 0.6) is 0 Å². The molecule has 0 aromatic heterocycles. The van der Waals surface area contributed by atoms with Gasteiger partial charge in [-0.2, -0.15) is 0 Å². The van der Waals surface area contributed by atoms with E-state index in [4.69, 9.17) is 0 Å². The Labute approximate surface area is 112 Å². The summed E-state index contributed by atoms with van der Waals surface area (Å²) in [5, 5.41) is 3.36. The van der Waals surface area contributed by atoms with Crippen LogP contribution in [-0.2, 0) is 0 Å². The summed E-state index contributed by atoms with van der Waals surface area (Å²) in [6.45, 7) is 6.57. The summed E-state index contributed by atoms with van der Waals surface area (Å²) in [5.41, 5.74) is 1.04. The van der Waals surface area contributed by atoms with Crippen LogP contribution >= 0.6 is 0 Å². The molecule has 3 rings (SSSR count). The summed E-state index contributed by atoms with van der Waals surface area (Å²) < 4.78 is 13.9. The second-order valence-electron chi connectivity index (χ2n) is 5.76. The molecule has 2 heterocycles. The van der Waals surface area contributed by atoms with Crippen molar-refractivity contribution in [2.45, 2.75) is 19.9 Å². The van der Waals surface area contributed by atoms with Gasteiger partial charge in [0.1, 0.15) is 5.82 Å². The number of hydrogen-bond acceptors (Lipinski definition) is 2. The molecule has 3 atom stereocenters. The van der Waals surface area contributed by atoms with Gasteiger partial charge < -0.3 is 10.2 Å². The molecule has 2 aliphatic rings. The Balaban J connectivity index is 1.84. The van der Waals surface area contributed by atoms with Crippen LogP contribution in [0, 0.1) is 24.6 Å². The predicted octanol–water partition coefficient (Wildman–Crippen LogP) is 1.81. The minimum Gasteiger partial charge on any atom is -0.335 e. The largest absolute Gasteiger partial charge is 0.335 e. The maximum Gasteiger partial charge on any atom is 0.257 e. The zero-order valence-electron chi connectivity index (χ0n) is 11.3. The van der Waals surface area contributed by atoms with Gasteiger partial charge in [-0.1, -0.05) is 6.07 Å². The maximum atomic E-state index is 13.9. The summed E-state index contributed by atoms with van der Waals surface area (Å²) >= 11 is 0. The fraction of sp³-hybridized carbons (Fsp3) is 0.533. The fourth-order valence-electron chi connectivity index (χ4n) is 3.38. The fourth-order valence-corrected chi connectivity index (χ4v) is 3.38. The minimum absolute atomic E-state index is 0.167. The molecule has 1 aromatic rings. The van der Waals surface area contributed by atoms with Crippen molar-refractivity contribution in [3.8, 4) is 0 Å². The van der Waals surface area contributed by atoms with Crippen LogP contribution in [0.25, 0.3) is 0 Å². The average Bonchev–Trinajstić information content (AvgIpc) is 2.92. The third kappa shape index (κ3) is 2.04. The number of carbonyl (C=O) groups excluding carboxylic acids is 1. The van der Waals surface area contributed by atoms with Gasteiger partial charge in [-0.15, -0.1) is 0 Å². The molecule has 4 heteroatoms. The van der Waals surface area contributed by atoms with Crippen LogP contribution in [0.4, 0.5) is 4.39 Å². The highest BCUT2D eigenvalue weighted by molar-refractivity contribution is 5.95. The highest BCUT2D eigenvalue weighted by Crippen LogP contribution is 2.33. The lowest BCUT2D eigenvalue weighted by Gasteiger charge is -2.24. The Kier molecular flexibility index (Phi) is 3.05.